The van der Waals surface area contributed by atoms with Gasteiger partial charge in [0.2, 0.25) is 5.91 Å². The van der Waals surface area contributed by atoms with Gasteiger partial charge in [-0.1, -0.05) is 33.6 Å². The number of carbonyl (C=O) groups is 1. The van der Waals surface area contributed by atoms with E-state index in [1.54, 1.807) is 0 Å². The first-order valence-corrected chi connectivity index (χ1v) is 7.38. The van der Waals surface area contributed by atoms with E-state index in [1.807, 2.05) is 0 Å². The maximum absolute atomic E-state index is 12.1. The predicted molar refractivity (Wildman–Crippen MR) is 73.2 cm³/mol. The molecule has 1 rings (SSSR count). The molecule has 0 saturated heterocycles. The Labute approximate surface area is 110 Å². The zero-order valence-corrected chi connectivity index (χ0v) is 12.1. The number of alkyl halides is 1. The van der Waals surface area contributed by atoms with Crippen LogP contribution in [0, 0.1) is 17.3 Å². The number of hydrogen-bond donors (Lipinski definition) is 1. The lowest BCUT2D eigenvalue weighted by molar-refractivity contribution is -0.127. The Bertz CT molecular complexity index is 253. The van der Waals surface area contributed by atoms with E-state index in [0.717, 1.165) is 25.8 Å². The molecule has 1 amide bonds. The zero-order chi connectivity index (χ0) is 12.9. The van der Waals surface area contributed by atoms with Crippen LogP contribution in [0.1, 0.15) is 52.9 Å². The van der Waals surface area contributed by atoms with Crippen molar-refractivity contribution >= 4 is 17.5 Å². The second kappa shape index (κ2) is 6.63. The summed E-state index contributed by atoms with van der Waals surface area (Å²) in [4.78, 5) is 12.1. The van der Waals surface area contributed by atoms with Gasteiger partial charge in [0.15, 0.2) is 0 Å². The summed E-state index contributed by atoms with van der Waals surface area (Å²) in [5.74, 6) is 1.67. The first kappa shape index (κ1) is 14.8. The Morgan fingerprint density at radius 3 is 2.71 bits per heavy atom. The van der Waals surface area contributed by atoms with Gasteiger partial charge in [0.1, 0.15) is 0 Å². The zero-order valence-electron chi connectivity index (χ0n) is 11.4. The highest BCUT2D eigenvalue weighted by molar-refractivity contribution is 6.17. The van der Waals surface area contributed by atoms with Crippen LogP contribution in [0.4, 0.5) is 0 Å². The minimum absolute atomic E-state index is 0.179. The van der Waals surface area contributed by atoms with E-state index in [2.05, 4.69) is 26.1 Å². The van der Waals surface area contributed by atoms with Crippen molar-refractivity contribution in [2.45, 2.75) is 52.9 Å². The molecule has 0 aromatic rings. The third kappa shape index (κ3) is 4.17. The molecule has 1 aliphatic rings. The van der Waals surface area contributed by atoms with Gasteiger partial charge < -0.3 is 5.32 Å². The van der Waals surface area contributed by atoms with Crippen LogP contribution in [-0.2, 0) is 4.79 Å². The van der Waals surface area contributed by atoms with Gasteiger partial charge in [0.25, 0.3) is 0 Å². The Morgan fingerprint density at radius 1 is 1.53 bits per heavy atom. The molecule has 2 unspecified atom stereocenters. The Balaban J connectivity index is 2.39. The van der Waals surface area contributed by atoms with Gasteiger partial charge >= 0.3 is 0 Å². The molecule has 1 saturated carbocycles. The van der Waals surface area contributed by atoms with E-state index in [-0.39, 0.29) is 17.2 Å². The van der Waals surface area contributed by atoms with Crippen LogP contribution >= 0.6 is 11.6 Å². The summed E-state index contributed by atoms with van der Waals surface area (Å²) in [7, 11) is 0. The van der Waals surface area contributed by atoms with Crippen molar-refractivity contribution < 1.29 is 4.79 Å². The highest BCUT2D eigenvalue weighted by Crippen LogP contribution is 2.42. The lowest BCUT2D eigenvalue weighted by atomic mass is 9.81. The largest absolute Gasteiger partial charge is 0.356 e. The summed E-state index contributed by atoms with van der Waals surface area (Å²) in [5, 5.41) is 3.12. The molecule has 1 aliphatic carbocycles. The number of carbonyl (C=O) groups excluding carboxylic acids is 1. The van der Waals surface area contributed by atoms with Crippen LogP contribution in [0.25, 0.3) is 0 Å². The van der Waals surface area contributed by atoms with Crippen LogP contribution in [0.2, 0.25) is 0 Å². The van der Waals surface area contributed by atoms with E-state index >= 15 is 0 Å². The first-order chi connectivity index (χ1) is 8.01. The van der Waals surface area contributed by atoms with Crippen molar-refractivity contribution in [3.63, 3.8) is 0 Å². The van der Waals surface area contributed by atoms with Crippen molar-refractivity contribution in [3.8, 4) is 0 Å². The standard InChI is InChI=1S/C14H26ClNO/c1-4-11(7-9-15)10-16-13(17)12-6-5-8-14(12,2)3/h11-12H,4-10H2,1-3H3,(H,16,17). The molecule has 0 spiro atoms. The van der Waals surface area contributed by atoms with Crippen LogP contribution in [0.5, 0.6) is 0 Å². The van der Waals surface area contributed by atoms with E-state index in [0.29, 0.717) is 11.8 Å². The quantitative estimate of drug-likeness (QED) is 0.726. The van der Waals surface area contributed by atoms with Crippen molar-refractivity contribution in [1.82, 2.24) is 5.32 Å². The lowest BCUT2D eigenvalue weighted by Gasteiger charge is -2.26. The molecule has 2 nitrogen and oxygen atoms in total. The van der Waals surface area contributed by atoms with Crippen molar-refractivity contribution in [2.75, 3.05) is 12.4 Å². The molecule has 0 aromatic carbocycles. The molecule has 17 heavy (non-hydrogen) atoms. The van der Waals surface area contributed by atoms with Crippen molar-refractivity contribution in [2.24, 2.45) is 17.3 Å². The number of rotatable bonds is 6. The Hall–Kier alpha value is -0.240. The molecule has 2 atom stereocenters. The molecular weight excluding hydrogens is 234 g/mol. The molecule has 0 aromatic heterocycles. The monoisotopic (exact) mass is 259 g/mol. The summed E-state index contributed by atoms with van der Waals surface area (Å²) in [6.07, 6.45) is 5.48. The third-order valence-electron chi connectivity index (χ3n) is 4.23. The molecular formula is C14H26ClNO. The SMILES string of the molecule is CCC(CCCl)CNC(=O)C1CCCC1(C)C. The number of halogens is 1. The number of nitrogens with one attached hydrogen (secondary N) is 1. The Morgan fingerprint density at radius 2 is 2.24 bits per heavy atom. The smallest absolute Gasteiger partial charge is 0.223 e. The predicted octanol–water partition coefficient (Wildman–Crippen LogP) is 3.58. The average Bonchev–Trinajstić information content (AvgIpc) is 2.63. The van der Waals surface area contributed by atoms with Crippen molar-refractivity contribution in [1.29, 1.82) is 0 Å². The lowest BCUT2D eigenvalue weighted by Crippen LogP contribution is -2.38. The second-order valence-corrected chi connectivity index (χ2v) is 6.31. The van der Waals surface area contributed by atoms with Gasteiger partial charge in [-0.25, -0.2) is 0 Å². The molecule has 1 fully saturated rings. The summed E-state index contributed by atoms with van der Waals surface area (Å²) >= 11 is 5.75. The number of hydrogen-bond acceptors (Lipinski definition) is 1. The summed E-state index contributed by atoms with van der Waals surface area (Å²) < 4.78 is 0. The highest BCUT2D eigenvalue weighted by atomic mass is 35.5. The second-order valence-electron chi connectivity index (χ2n) is 5.93. The molecule has 3 heteroatoms. The third-order valence-corrected chi connectivity index (χ3v) is 4.45. The summed E-state index contributed by atoms with van der Waals surface area (Å²) in [6, 6.07) is 0. The highest BCUT2D eigenvalue weighted by Gasteiger charge is 2.39. The van der Waals surface area contributed by atoms with E-state index in [9.17, 15) is 4.79 Å². The number of amides is 1. The van der Waals surface area contributed by atoms with Gasteiger partial charge in [0.05, 0.1) is 0 Å². The van der Waals surface area contributed by atoms with Crippen LogP contribution in [-0.4, -0.2) is 18.3 Å². The molecule has 1 N–H and O–H groups in total. The van der Waals surface area contributed by atoms with E-state index in [4.69, 9.17) is 11.6 Å². The van der Waals surface area contributed by atoms with Crippen LogP contribution in [0.15, 0.2) is 0 Å². The minimum Gasteiger partial charge on any atom is -0.356 e. The normalized spacial score (nSPS) is 24.6. The molecule has 100 valence electrons. The van der Waals surface area contributed by atoms with Gasteiger partial charge in [0, 0.05) is 18.3 Å². The minimum atomic E-state index is 0.179. The average molecular weight is 260 g/mol. The fourth-order valence-electron chi connectivity index (χ4n) is 2.79. The molecule has 0 aliphatic heterocycles. The fraction of sp³-hybridized carbons (Fsp3) is 0.929. The molecule has 0 bridgehead atoms. The van der Waals surface area contributed by atoms with E-state index in [1.165, 1.54) is 12.8 Å². The van der Waals surface area contributed by atoms with E-state index < -0.39 is 0 Å². The van der Waals surface area contributed by atoms with Crippen molar-refractivity contribution in [3.05, 3.63) is 0 Å². The van der Waals surface area contributed by atoms with Crippen LogP contribution in [0.3, 0.4) is 0 Å². The summed E-state index contributed by atoms with van der Waals surface area (Å²) in [6.45, 7) is 7.36. The van der Waals surface area contributed by atoms with Gasteiger partial charge in [-0.3, -0.25) is 4.79 Å². The molecule has 0 radical (unpaired) electrons. The maximum Gasteiger partial charge on any atom is 0.223 e. The molecule has 0 heterocycles. The van der Waals surface area contributed by atoms with Gasteiger partial charge in [-0.05, 0) is 30.6 Å². The topological polar surface area (TPSA) is 29.1 Å². The van der Waals surface area contributed by atoms with Crippen LogP contribution < -0.4 is 5.32 Å². The fourth-order valence-corrected chi connectivity index (χ4v) is 3.09. The van der Waals surface area contributed by atoms with Gasteiger partial charge in [-0.15, -0.1) is 11.6 Å². The van der Waals surface area contributed by atoms with Gasteiger partial charge in [-0.2, -0.15) is 0 Å². The maximum atomic E-state index is 12.1. The first-order valence-electron chi connectivity index (χ1n) is 6.85. The summed E-state index contributed by atoms with van der Waals surface area (Å²) in [5.41, 5.74) is 0.179. The Kier molecular flexibility index (Phi) is 5.78.